The van der Waals surface area contributed by atoms with Gasteiger partial charge in [0.15, 0.2) is 0 Å². The van der Waals surface area contributed by atoms with Crippen LogP contribution in [0, 0.1) is 6.92 Å². The van der Waals surface area contributed by atoms with Crippen LogP contribution in [0.1, 0.15) is 36.2 Å². The predicted octanol–water partition coefficient (Wildman–Crippen LogP) is 2.28. The van der Waals surface area contributed by atoms with Gasteiger partial charge in [0.1, 0.15) is 17.8 Å². The number of halogens is 1. The Morgan fingerprint density at radius 2 is 2.00 bits per heavy atom. The van der Waals surface area contributed by atoms with E-state index >= 15 is 0 Å². The normalized spacial score (nSPS) is 13.2. The molecule has 108 valence electrons. The highest BCUT2D eigenvalue weighted by molar-refractivity contribution is 5.85. The summed E-state index contributed by atoms with van der Waals surface area (Å²) in [6, 6.07) is 8.23. The first-order chi connectivity index (χ1) is 9.08. The van der Waals surface area contributed by atoms with Crippen molar-refractivity contribution in [3.63, 3.8) is 0 Å². The molecule has 1 amide bonds. The van der Waals surface area contributed by atoms with Crippen LogP contribution in [0.5, 0.6) is 0 Å². The summed E-state index contributed by atoms with van der Waals surface area (Å²) < 4.78 is 5.36. The Labute approximate surface area is 124 Å². The Kier molecular flexibility index (Phi) is 5.73. The fraction of sp³-hybridized carbons (Fsp3) is 0.286. The van der Waals surface area contributed by atoms with Gasteiger partial charge in [-0.25, -0.2) is 4.98 Å². The van der Waals surface area contributed by atoms with Gasteiger partial charge < -0.3 is 15.5 Å². The van der Waals surface area contributed by atoms with Crippen molar-refractivity contribution in [2.45, 2.75) is 25.9 Å². The van der Waals surface area contributed by atoms with Crippen LogP contribution >= 0.6 is 12.4 Å². The van der Waals surface area contributed by atoms with Crippen LogP contribution in [0.2, 0.25) is 0 Å². The average Bonchev–Trinajstić information content (AvgIpc) is 2.85. The topological polar surface area (TPSA) is 81.2 Å². The lowest BCUT2D eigenvalue weighted by Crippen LogP contribution is -2.35. The molecule has 2 unspecified atom stereocenters. The van der Waals surface area contributed by atoms with E-state index in [4.69, 9.17) is 10.2 Å². The predicted molar refractivity (Wildman–Crippen MR) is 78.4 cm³/mol. The molecule has 2 atom stereocenters. The van der Waals surface area contributed by atoms with E-state index in [9.17, 15) is 4.79 Å². The van der Waals surface area contributed by atoms with Gasteiger partial charge >= 0.3 is 0 Å². The Morgan fingerprint density at radius 1 is 1.35 bits per heavy atom. The highest BCUT2D eigenvalue weighted by Gasteiger charge is 2.20. The lowest BCUT2D eigenvalue weighted by molar-refractivity contribution is -0.123. The number of rotatable bonds is 4. The van der Waals surface area contributed by atoms with Crippen LogP contribution in [0.15, 0.2) is 40.9 Å². The molecule has 0 aliphatic heterocycles. The maximum atomic E-state index is 12.0. The Morgan fingerprint density at radius 3 is 2.55 bits per heavy atom. The maximum absolute atomic E-state index is 12.0. The fourth-order valence-electron chi connectivity index (χ4n) is 1.75. The zero-order valence-corrected chi connectivity index (χ0v) is 12.2. The van der Waals surface area contributed by atoms with Crippen molar-refractivity contribution in [2.75, 3.05) is 0 Å². The molecule has 6 heteroatoms. The van der Waals surface area contributed by atoms with Crippen molar-refractivity contribution in [2.24, 2.45) is 5.73 Å². The summed E-state index contributed by atoms with van der Waals surface area (Å²) in [4.78, 5) is 16.1. The molecular weight excluding hydrogens is 278 g/mol. The zero-order valence-electron chi connectivity index (χ0n) is 11.4. The zero-order chi connectivity index (χ0) is 13.8. The van der Waals surface area contributed by atoms with Crippen molar-refractivity contribution in [1.82, 2.24) is 10.3 Å². The van der Waals surface area contributed by atoms with E-state index in [0.717, 1.165) is 5.56 Å². The molecule has 5 nitrogen and oxygen atoms in total. The number of carbonyl (C=O) groups excluding carboxylic acids is 1. The second kappa shape index (κ2) is 7.07. The molecule has 1 aromatic carbocycles. The van der Waals surface area contributed by atoms with E-state index in [1.165, 1.54) is 0 Å². The van der Waals surface area contributed by atoms with Crippen molar-refractivity contribution in [3.8, 4) is 0 Å². The summed E-state index contributed by atoms with van der Waals surface area (Å²) >= 11 is 0. The molecule has 0 aliphatic rings. The lowest BCUT2D eigenvalue weighted by atomic mass is 10.1. The van der Waals surface area contributed by atoms with E-state index in [1.54, 1.807) is 20.0 Å². The molecule has 0 aliphatic carbocycles. The van der Waals surface area contributed by atoms with Crippen LogP contribution in [-0.4, -0.2) is 10.9 Å². The molecule has 0 radical (unpaired) electrons. The van der Waals surface area contributed by atoms with Crippen molar-refractivity contribution in [1.29, 1.82) is 0 Å². The lowest BCUT2D eigenvalue weighted by Gasteiger charge is -2.15. The minimum Gasteiger partial charge on any atom is -0.444 e. The first-order valence-corrected chi connectivity index (χ1v) is 6.11. The molecule has 0 saturated heterocycles. The van der Waals surface area contributed by atoms with Crippen LogP contribution in [-0.2, 0) is 4.79 Å². The fourth-order valence-corrected chi connectivity index (χ4v) is 1.75. The summed E-state index contributed by atoms with van der Waals surface area (Å²) in [6.45, 7) is 3.61. The number of amides is 1. The van der Waals surface area contributed by atoms with Crippen LogP contribution in [0.25, 0.3) is 0 Å². The molecule has 0 bridgehead atoms. The summed E-state index contributed by atoms with van der Waals surface area (Å²) in [7, 11) is 0. The van der Waals surface area contributed by atoms with Gasteiger partial charge in [0.05, 0.1) is 6.20 Å². The van der Waals surface area contributed by atoms with Crippen molar-refractivity contribution in [3.05, 3.63) is 53.7 Å². The summed E-state index contributed by atoms with van der Waals surface area (Å²) in [5.41, 5.74) is 6.68. The van der Waals surface area contributed by atoms with Gasteiger partial charge in [0, 0.05) is 0 Å². The van der Waals surface area contributed by atoms with Crippen LogP contribution in [0.3, 0.4) is 0 Å². The third-order valence-electron chi connectivity index (χ3n) is 2.81. The Hall–Kier alpha value is -1.85. The summed E-state index contributed by atoms with van der Waals surface area (Å²) in [5.74, 6) is 0.934. The molecule has 2 aromatic rings. The standard InChI is InChI=1S/C14H17N3O2.ClH/c1-9-8-16-14(19-9)10(2)17-13(18)12(15)11-6-4-3-5-7-11;/h3-8,10,12H,15H2,1-2H3,(H,17,18);1H. The third kappa shape index (κ3) is 3.82. The van der Waals surface area contributed by atoms with Crippen LogP contribution in [0.4, 0.5) is 0 Å². The molecule has 20 heavy (non-hydrogen) atoms. The van der Waals surface area contributed by atoms with Crippen LogP contribution < -0.4 is 11.1 Å². The smallest absolute Gasteiger partial charge is 0.242 e. The molecule has 0 saturated carbocycles. The number of benzene rings is 1. The molecule has 2 rings (SSSR count). The molecule has 0 fully saturated rings. The monoisotopic (exact) mass is 295 g/mol. The van der Waals surface area contributed by atoms with E-state index in [1.807, 2.05) is 30.3 Å². The second-order valence-corrected chi connectivity index (χ2v) is 4.43. The molecule has 1 aromatic heterocycles. The van der Waals surface area contributed by atoms with Gasteiger partial charge in [-0.3, -0.25) is 4.79 Å². The number of oxazole rings is 1. The minimum atomic E-state index is -0.695. The molecule has 0 spiro atoms. The average molecular weight is 296 g/mol. The van der Waals surface area contributed by atoms with Gasteiger partial charge in [-0.05, 0) is 19.4 Å². The van der Waals surface area contributed by atoms with Gasteiger partial charge in [0.2, 0.25) is 11.8 Å². The van der Waals surface area contributed by atoms with Gasteiger partial charge in [0.25, 0.3) is 0 Å². The number of aromatic nitrogens is 1. The minimum absolute atomic E-state index is 0. The summed E-state index contributed by atoms with van der Waals surface area (Å²) in [6.07, 6.45) is 1.62. The van der Waals surface area contributed by atoms with E-state index in [0.29, 0.717) is 11.7 Å². The number of hydrogen-bond acceptors (Lipinski definition) is 4. The summed E-state index contributed by atoms with van der Waals surface area (Å²) in [5, 5.41) is 2.79. The van der Waals surface area contributed by atoms with Gasteiger partial charge in [-0.15, -0.1) is 12.4 Å². The highest BCUT2D eigenvalue weighted by atomic mass is 35.5. The SMILES string of the molecule is Cc1cnc(C(C)NC(=O)C(N)c2ccccc2)o1.Cl. The van der Waals surface area contributed by atoms with Gasteiger partial charge in [-0.2, -0.15) is 0 Å². The van der Waals surface area contributed by atoms with Crippen molar-refractivity contribution < 1.29 is 9.21 Å². The maximum Gasteiger partial charge on any atom is 0.242 e. The third-order valence-corrected chi connectivity index (χ3v) is 2.81. The second-order valence-electron chi connectivity index (χ2n) is 4.43. The number of nitrogens with one attached hydrogen (secondary N) is 1. The first kappa shape index (κ1) is 16.2. The number of carbonyl (C=O) groups is 1. The molecule has 3 N–H and O–H groups in total. The number of nitrogens with zero attached hydrogens (tertiary/aromatic N) is 1. The largest absolute Gasteiger partial charge is 0.444 e. The van der Waals surface area contributed by atoms with E-state index < -0.39 is 6.04 Å². The first-order valence-electron chi connectivity index (χ1n) is 6.11. The molecule has 1 heterocycles. The number of hydrogen-bond donors (Lipinski definition) is 2. The van der Waals surface area contributed by atoms with E-state index in [2.05, 4.69) is 10.3 Å². The quantitative estimate of drug-likeness (QED) is 0.907. The van der Waals surface area contributed by atoms with Crippen molar-refractivity contribution >= 4 is 18.3 Å². The van der Waals surface area contributed by atoms with E-state index in [-0.39, 0.29) is 24.4 Å². The number of aryl methyl sites for hydroxylation is 1. The Bertz CT molecular complexity index is 557. The van der Waals surface area contributed by atoms with Gasteiger partial charge in [-0.1, -0.05) is 30.3 Å². The Balaban J connectivity index is 0.00000200. The number of nitrogens with two attached hydrogens (primary N) is 1. The molecular formula is C14H18ClN3O2. The highest BCUT2D eigenvalue weighted by Crippen LogP contribution is 2.15.